The molecule has 3 fully saturated rings. The molecule has 154 valence electrons. The number of hydrogen-bond acceptors (Lipinski definition) is 6. The topological polar surface area (TPSA) is 72.2 Å². The van der Waals surface area contributed by atoms with Crippen LogP contribution in [0.5, 0.6) is 0 Å². The smallest absolute Gasteiger partial charge is 0.0164 e. The summed E-state index contributed by atoms with van der Waals surface area (Å²) in [4.78, 5) is 0. The molecule has 6 heteroatoms. The van der Waals surface area contributed by atoms with Crippen molar-refractivity contribution in [3.8, 4) is 0 Å². The maximum atomic E-state index is 3.32. The monoisotopic (exact) mass is 360 g/mol. The van der Waals surface area contributed by atoms with Crippen molar-refractivity contribution in [3.05, 3.63) is 0 Å². The third-order valence-corrected chi connectivity index (χ3v) is 3.74. The summed E-state index contributed by atoms with van der Waals surface area (Å²) in [6.45, 7) is 24.7. The van der Waals surface area contributed by atoms with Crippen LogP contribution in [-0.2, 0) is 0 Å². The van der Waals surface area contributed by atoms with Crippen molar-refractivity contribution < 1.29 is 0 Å². The van der Waals surface area contributed by atoms with Crippen LogP contribution in [0.15, 0.2) is 0 Å². The highest BCUT2D eigenvalue weighted by Gasteiger charge is 2.04. The molecule has 6 N–H and O–H groups in total. The summed E-state index contributed by atoms with van der Waals surface area (Å²) >= 11 is 0. The van der Waals surface area contributed by atoms with E-state index in [9.17, 15) is 0 Å². The van der Waals surface area contributed by atoms with Gasteiger partial charge in [0.05, 0.1) is 0 Å². The molecule has 0 aromatic carbocycles. The number of hydrogen-bond donors (Lipinski definition) is 6. The lowest BCUT2D eigenvalue weighted by molar-refractivity contribution is 0.442. The van der Waals surface area contributed by atoms with Crippen molar-refractivity contribution in [1.29, 1.82) is 0 Å². The predicted octanol–water partition coefficient (Wildman–Crippen LogP) is 0.756. The lowest BCUT2D eigenvalue weighted by Gasteiger charge is -2.19. The van der Waals surface area contributed by atoms with E-state index in [2.05, 4.69) is 52.7 Å². The molecule has 3 rings (SSSR count). The van der Waals surface area contributed by atoms with E-state index in [-0.39, 0.29) is 0 Å². The first-order chi connectivity index (χ1) is 12.2. The Bertz CT molecular complexity index is 184. The molecule has 0 aliphatic carbocycles. The fraction of sp³-hybridized carbons (Fsp3) is 1.00. The predicted molar refractivity (Wildman–Crippen MR) is 114 cm³/mol. The average Bonchev–Trinajstić information content (AvgIpc) is 2.68. The van der Waals surface area contributed by atoms with Crippen LogP contribution in [0.25, 0.3) is 0 Å². The van der Waals surface area contributed by atoms with Crippen molar-refractivity contribution in [2.45, 2.75) is 66.6 Å². The summed E-state index contributed by atoms with van der Waals surface area (Å²) in [5.41, 5.74) is 0. The van der Waals surface area contributed by atoms with E-state index in [4.69, 9.17) is 0 Å². The Morgan fingerprint density at radius 2 is 0.680 bits per heavy atom. The van der Waals surface area contributed by atoms with Crippen LogP contribution in [-0.4, -0.2) is 77.0 Å². The molecule has 0 aromatic heterocycles. The second-order valence-corrected chi connectivity index (χ2v) is 6.18. The molecular weight excluding hydrogens is 312 g/mol. The molecule has 0 amide bonds. The third-order valence-electron chi connectivity index (χ3n) is 3.74. The van der Waals surface area contributed by atoms with E-state index >= 15 is 0 Å². The molecule has 0 spiro atoms. The van der Waals surface area contributed by atoms with Crippen LogP contribution in [0.4, 0.5) is 0 Å². The first-order valence-electron chi connectivity index (χ1n) is 10.5. The summed E-state index contributed by atoms with van der Waals surface area (Å²) in [5, 5.41) is 19.8. The summed E-state index contributed by atoms with van der Waals surface area (Å²) in [5.74, 6) is 0. The van der Waals surface area contributed by atoms with Crippen LogP contribution in [0.1, 0.15) is 48.5 Å². The Labute approximate surface area is 158 Å². The Kier molecular flexibility index (Phi) is 23.5. The molecule has 0 saturated carbocycles. The van der Waals surface area contributed by atoms with E-state index in [0.29, 0.717) is 18.1 Å². The van der Waals surface area contributed by atoms with Gasteiger partial charge in [0, 0.05) is 77.0 Å². The molecule has 0 bridgehead atoms. The second-order valence-electron chi connectivity index (χ2n) is 6.18. The van der Waals surface area contributed by atoms with Gasteiger partial charge in [-0.1, -0.05) is 27.7 Å². The Hall–Kier alpha value is -0.240. The van der Waals surface area contributed by atoms with Crippen LogP contribution >= 0.6 is 0 Å². The highest BCUT2D eigenvalue weighted by Crippen LogP contribution is 1.82. The Balaban J connectivity index is 0. The summed E-state index contributed by atoms with van der Waals surface area (Å²) in [6.07, 6.45) is 0. The van der Waals surface area contributed by atoms with Gasteiger partial charge < -0.3 is 31.9 Å². The Morgan fingerprint density at radius 1 is 0.440 bits per heavy atom. The first kappa shape index (κ1) is 27.0. The number of piperazine rings is 3. The van der Waals surface area contributed by atoms with Gasteiger partial charge in [-0.3, -0.25) is 0 Å². The fourth-order valence-electron chi connectivity index (χ4n) is 2.39. The SMILES string of the molecule is CC.CC.C[C@@H]1CNCCN1.C[C@@H]1CNCCN1.C[C@@H]1CNCCN1. The maximum Gasteiger partial charge on any atom is 0.0164 e. The van der Waals surface area contributed by atoms with Gasteiger partial charge in [0.15, 0.2) is 0 Å². The van der Waals surface area contributed by atoms with Crippen LogP contribution in [0.2, 0.25) is 0 Å². The van der Waals surface area contributed by atoms with Gasteiger partial charge in [-0.2, -0.15) is 0 Å². The molecule has 3 saturated heterocycles. The van der Waals surface area contributed by atoms with Gasteiger partial charge in [-0.05, 0) is 20.8 Å². The molecule has 0 radical (unpaired) electrons. The van der Waals surface area contributed by atoms with Gasteiger partial charge in [0.25, 0.3) is 0 Å². The second kappa shape index (κ2) is 21.8. The van der Waals surface area contributed by atoms with Crippen molar-refractivity contribution in [2.75, 3.05) is 58.9 Å². The highest BCUT2D eigenvalue weighted by atomic mass is 15.1. The lowest BCUT2D eigenvalue weighted by atomic mass is 10.3. The Morgan fingerprint density at radius 3 is 0.760 bits per heavy atom. The molecule has 3 aliphatic heterocycles. The van der Waals surface area contributed by atoms with Gasteiger partial charge in [-0.15, -0.1) is 0 Å². The van der Waals surface area contributed by atoms with Crippen molar-refractivity contribution >= 4 is 0 Å². The minimum atomic E-state index is 0.675. The van der Waals surface area contributed by atoms with Crippen LogP contribution < -0.4 is 31.9 Å². The third kappa shape index (κ3) is 19.9. The summed E-state index contributed by atoms with van der Waals surface area (Å²) in [6, 6.07) is 2.02. The normalized spacial score (nSPS) is 28.2. The molecule has 25 heavy (non-hydrogen) atoms. The molecule has 3 heterocycles. The quantitative estimate of drug-likeness (QED) is 0.383. The molecule has 6 nitrogen and oxygen atoms in total. The maximum absolute atomic E-state index is 3.32. The van der Waals surface area contributed by atoms with E-state index in [1.54, 1.807) is 0 Å². The van der Waals surface area contributed by atoms with E-state index in [1.807, 2.05) is 27.7 Å². The number of rotatable bonds is 0. The molecule has 3 atom stereocenters. The lowest BCUT2D eigenvalue weighted by Crippen LogP contribution is -2.46. The zero-order valence-electron chi connectivity index (χ0n) is 18.1. The first-order valence-corrected chi connectivity index (χ1v) is 10.5. The standard InChI is InChI=1S/3C5H12N2.2C2H6/c3*1-5-4-6-2-3-7-5;2*1-2/h3*5-7H,2-4H2,1H3;2*1-2H3/t3*5-;;/m111../s1. The summed E-state index contributed by atoms with van der Waals surface area (Å²) < 4.78 is 0. The molecule has 0 unspecified atom stereocenters. The van der Waals surface area contributed by atoms with Gasteiger partial charge >= 0.3 is 0 Å². The van der Waals surface area contributed by atoms with E-state index < -0.39 is 0 Å². The zero-order valence-corrected chi connectivity index (χ0v) is 18.1. The molecular formula is C19H48N6. The minimum absolute atomic E-state index is 0.675. The number of nitrogens with one attached hydrogen (secondary N) is 6. The fourth-order valence-corrected chi connectivity index (χ4v) is 2.39. The average molecular weight is 361 g/mol. The van der Waals surface area contributed by atoms with Crippen LogP contribution in [0.3, 0.4) is 0 Å². The largest absolute Gasteiger partial charge is 0.314 e. The van der Waals surface area contributed by atoms with Crippen molar-refractivity contribution in [3.63, 3.8) is 0 Å². The van der Waals surface area contributed by atoms with Crippen molar-refractivity contribution in [2.24, 2.45) is 0 Å². The van der Waals surface area contributed by atoms with E-state index in [1.165, 1.54) is 0 Å². The van der Waals surface area contributed by atoms with Crippen LogP contribution in [0, 0.1) is 0 Å². The molecule has 0 aromatic rings. The van der Waals surface area contributed by atoms with Gasteiger partial charge in [0.1, 0.15) is 0 Å². The van der Waals surface area contributed by atoms with Crippen molar-refractivity contribution in [1.82, 2.24) is 31.9 Å². The van der Waals surface area contributed by atoms with Gasteiger partial charge in [0.2, 0.25) is 0 Å². The van der Waals surface area contributed by atoms with E-state index in [0.717, 1.165) is 58.9 Å². The molecule has 3 aliphatic rings. The highest BCUT2D eigenvalue weighted by molar-refractivity contribution is 4.70. The minimum Gasteiger partial charge on any atom is -0.314 e. The summed E-state index contributed by atoms with van der Waals surface area (Å²) in [7, 11) is 0. The van der Waals surface area contributed by atoms with Gasteiger partial charge in [-0.25, -0.2) is 0 Å². The zero-order chi connectivity index (χ0) is 19.3.